The number of anilines is 1. The van der Waals surface area contributed by atoms with Gasteiger partial charge in [-0.2, -0.15) is 0 Å². The van der Waals surface area contributed by atoms with E-state index in [4.69, 9.17) is 17.3 Å². The van der Waals surface area contributed by atoms with Crippen LogP contribution in [0.4, 0.5) is 14.7 Å². The number of halogens is 3. The summed E-state index contributed by atoms with van der Waals surface area (Å²) in [5.41, 5.74) is 5.60. The maximum absolute atomic E-state index is 13.9. The van der Waals surface area contributed by atoms with Crippen molar-refractivity contribution in [3.05, 3.63) is 28.9 Å². The minimum absolute atomic E-state index is 0.0352. The molecule has 0 bridgehead atoms. The molecule has 2 aromatic rings. The number of nitrogen functional groups attached to an aromatic ring is 1. The van der Waals surface area contributed by atoms with Crippen molar-refractivity contribution in [3.8, 4) is 16.9 Å². The first-order chi connectivity index (χ1) is 8.06. The highest BCUT2D eigenvalue weighted by atomic mass is 35.5. The molecule has 2 N–H and O–H groups in total. The quantitative estimate of drug-likeness (QED) is 0.844. The third-order valence-electron chi connectivity index (χ3n) is 2.21. The molecule has 0 atom stereocenters. The summed E-state index contributed by atoms with van der Waals surface area (Å²) < 4.78 is 36.5. The lowest BCUT2D eigenvalue weighted by Crippen LogP contribution is -1.97. The van der Waals surface area contributed by atoms with Gasteiger partial charge in [-0.25, -0.2) is 8.78 Å². The SMILES string of the molecule is COc1c(F)c(Cl)cc(-c2cnoc2N)c1F. The second-order valence-electron chi connectivity index (χ2n) is 3.17. The largest absolute Gasteiger partial charge is 0.491 e. The fraction of sp³-hybridized carbons (Fsp3) is 0.100. The second kappa shape index (κ2) is 4.21. The Morgan fingerprint density at radius 3 is 2.59 bits per heavy atom. The van der Waals surface area contributed by atoms with Gasteiger partial charge in [-0.05, 0) is 6.07 Å². The van der Waals surface area contributed by atoms with Crippen LogP contribution in [-0.2, 0) is 0 Å². The van der Waals surface area contributed by atoms with E-state index in [9.17, 15) is 8.78 Å². The zero-order chi connectivity index (χ0) is 12.6. The van der Waals surface area contributed by atoms with E-state index < -0.39 is 17.4 Å². The fourth-order valence-corrected chi connectivity index (χ4v) is 1.60. The summed E-state index contributed by atoms with van der Waals surface area (Å²) in [6, 6.07) is 1.09. The minimum atomic E-state index is -0.967. The molecule has 1 heterocycles. The van der Waals surface area contributed by atoms with Gasteiger partial charge in [0.15, 0.2) is 17.4 Å². The van der Waals surface area contributed by atoms with Gasteiger partial charge in [-0.1, -0.05) is 16.8 Å². The maximum Gasteiger partial charge on any atom is 0.230 e. The molecule has 7 heteroatoms. The molecular formula is C10H7ClF2N2O2. The summed E-state index contributed by atoms with van der Waals surface area (Å²) in [6.45, 7) is 0. The molecule has 1 aromatic heterocycles. The van der Waals surface area contributed by atoms with E-state index in [-0.39, 0.29) is 22.0 Å². The van der Waals surface area contributed by atoms with Crippen LogP contribution < -0.4 is 10.5 Å². The third-order valence-corrected chi connectivity index (χ3v) is 2.48. The number of hydrogen-bond donors (Lipinski definition) is 1. The average Bonchev–Trinajstić information content (AvgIpc) is 2.71. The van der Waals surface area contributed by atoms with Crippen molar-refractivity contribution < 1.29 is 18.0 Å². The monoisotopic (exact) mass is 260 g/mol. The van der Waals surface area contributed by atoms with Crippen LogP contribution in [-0.4, -0.2) is 12.3 Å². The number of hydrogen-bond acceptors (Lipinski definition) is 4. The molecule has 0 fully saturated rings. The van der Waals surface area contributed by atoms with Crippen LogP contribution in [0.2, 0.25) is 5.02 Å². The van der Waals surface area contributed by atoms with Gasteiger partial charge in [0.05, 0.1) is 23.9 Å². The van der Waals surface area contributed by atoms with Gasteiger partial charge in [0.2, 0.25) is 5.88 Å². The average molecular weight is 261 g/mol. The van der Waals surface area contributed by atoms with Crippen LogP contribution in [0.1, 0.15) is 0 Å². The molecule has 0 aliphatic rings. The van der Waals surface area contributed by atoms with E-state index in [1.807, 2.05) is 0 Å². The first-order valence-electron chi connectivity index (χ1n) is 4.48. The summed E-state index contributed by atoms with van der Waals surface area (Å²) in [6.07, 6.45) is 1.21. The maximum atomic E-state index is 13.9. The Kier molecular flexibility index (Phi) is 2.89. The van der Waals surface area contributed by atoms with E-state index >= 15 is 0 Å². The number of ether oxygens (including phenoxy) is 1. The van der Waals surface area contributed by atoms with Gasteiger partial charge in [0.1, 0.15) is 0 Å². The van der Waals surface area contributed by atoms with Gasteiger partial charge < -0.3 is 15.0 Å². The predicted octanol–water partition coefficient (Wildman–Crippen LogP) is 2.86. The van der Waals surface area contributed by atoms with Gasteiger partial charge >= 0.3 is 0 Å². The van der Waals surface area contributed by atoms with Crippen LogP contribution in [0.15, 0.2) is 16.8 Å². The van der Waals surface area contributed by atoms with E-state index in [2.05, 4.69) is 14.4 Å². The number of benzene rings is 1. The number of rotatable bonds is 2. The Morgan fingerprint density at radius 2 is 2.06 bits per heavy atom. The Balaban J connectivity index is 2.72. The third kappa shape index (κ3) is 1.80. The van der Waals surface area contributed by atoms with Gasteiger partial charge in [0, 0.05) is 5.56 Å². The molecule has 2 rings (SSSR count). The molecule has 1 aromatic carbocycles. The summed E-state index contributed by atoms with van der Waals surface area (Å²) >= 11 is 5.63. The van der Waals surface area contributed by atoms with Crippen LogP contribution in [0, 0.1) is 11.6 Å². The topological polar surface area (TPSA) is 61.3 Å². The van der Waals surface area contributed by atoms with Gasteiger partial charge in [-0.15, -0.1) is 0 Å². The molecule has 17 heavy (non-hydrogen) atoms. The lowest BCUT2D eigenvalue weighted by atomic mass is 10.1. The molecule has 4 nitrogen and oxygen atoms in total. The first kappa shape index (κ1) is 11.7. The van der Waals surface area contributed by atoms with Crippen molar-refractivity contribution in [2.24, 2.45) is 0 Å². The molecule has 90 valence electrons. The summed E-state index contributed by atoms with van der Waals surface area (Å²) in [5, 5.41) is 3.12. The van der Waals surface area contributed by atoms with Gasteiger partial charge in [-0.3, -0.25) is 0 Å². The molecule has 0 saturated carbocycles. The summed E-state index contributed by atoms with van der Waals surface area (Å²) in [5.74, 6) is -2.54. The van der Waals surface area contributed by atoms with Crippen molar-refractivity contribution in [1.29, 1.82) is 0 Å². The van der Waals surface area contributed by atoms with Crippen molar-refractivity contribution in [2.45, 2.75) is 0 Å². The molecule has 0 amide bonds. The van der Waals surface area contributed by atoms with Crippen molar-refractivity contribution in [2.75, 3.05) is 12.8 Å². The molecule has 0 radical (unpaired) electrons. The molecule has 0 saturated heterocycles. The highest BCUT2D eigenvalue weighted by molar-refractivity contribution is 6.31. The highest BCUT2D eigenvalue weighted by Crippen LogP contribution is 2.37. The van der Waals surface area contributed by atoms with E-state index in [1.54, 1.807) is 0 Å². The van der Waals surface area contributed by atoms with Crippen molar-refractivity contribution in [3.63, 3.8) is 0 Å². The second-order valence-corrected chi connectivity index (χ2v) is 3.58. The standard InChI is InChI=1S/C10H7ClF2N2O2/c1-16-9-7(12)4(2-6(11)8(9)13)5-3-15-17-10(5)14/h2-3H,14H2,1H3. The van der Waals surface area contributed by atoms with Crippen LogP contribution in [0.3, 0.4) is 0 Å². The molecule has 0 spiro atoms. The molecule has 0 aliphatic heterocycles. The number of aromatic nitrogens is 1. The normalized spacial score (nSPS) is 10.6. The molecule has 0 unspecified atom stereocenters. The predicted molar refractivity (Wildman–Crippen MR) is 57.8 cm³/mol. The Morgan fingerprint density at radius 1 is 1.35 bits per heavy atom. The van der Waals surface area contributed by atoms with Crippen molar-refractivity contribution >= 4 is 17.5 Å². The van der Waals surface area contributed by atoms with E-state index in [1.165, 1.54) is 6.20 Å². The first-order valence-corrected chi connectivity index (χ1v) is 4.86. The molecular weight excluding hydrogens is 254 g/mol. The Bertz CT molecular complexity index is 572. The number of nitrogens with zero attached hydrogens (tertiary/aromatic N) is 1. The number of nitrogens with two attached hydrogens (primary N) is 1. The Hall–Kier alpha value is -1.82. The van der Waals surface area contributed by atoms with Crippen LogP contribution >= 0.6 is 11.6 Å². The minimum Gasteiger partial charge on any atom is -0.491 e. The Labute approximate surface area is 99.9 Å². The highest BCUT2D eigenvalue weighted by Gasteiger charge is 2.21. The fourth-order valence-electron chi connectivity index (χ4n) is 1.41. The lowest BCUT2D eigenvalue weighted by molar-refractivity contribution is 0.361. The molecule has 0 aliphatic carbocycles. The van der Waals surface area contributed by atoms with E-state index in [0.29, 0.717) is 0 Å². The smallest absolute Gasteiger partial charge is 0.230 e. The lowest BCUT2D eigenvalue weighted by Gasteiger charge is -2.08. The van der Waals surface area contributed by atoms with Crippen molar-refractivity contribution in [1.82, 2.24) is 5.16 Å². The summed E-state index contributed by atoms with van der Waals surface area (Å²) in [7, 11) is 1.14. The van der Waals surface area contributed by atoms with E-state index in [0.717, 1.165) is 13.2 Å². The zero-order valence-corrected chi connectivity index (χ0v) is 9.39. The summed E-state index contributed by atoms with van der Waals surface area (Å²) in [4.78, 5) is 0. The van der Waals surface area contributed by atoms with Gasteiger partial charge in [0.25, 0.3) is 0 Å². The van der Waals surface area contributed by atoms with Crippen LogP contribution in [0.5, 0.6) is 5.75 Å². The number of methoxy groups -OCH3 is 1. The van der Waals surface area contributed by atoms with Crippen LogP contribution in [0.25, 0.3) is 11.1 Å². The zero-order valence-electron chi connectivity index (χ0n) is 8.63.